The predicted molar refractivity (Wildman–Crippen MR) is 88.7 cm³/mol. The summed E-state index contributed by atoms with van der Waals surface area (Å²) in [5.41, 5.74) is 3.00. The van der Waals surface area contributed by atoms with Gasteiger partial charge in [-0.25, -0.2) is 0 Å². The Morgan fingerprint density at radius 3 is 2.48 bits per heavy atom. The molecule has 1 heterocycles. The summed E-state index contributed by atoms with van der Waals surface area (Å²) in [7, 11) is 3.20. The fourth-order valence-electron chi connectivity index (χ4n) is 2.19. The Bertz CT molecular complexity index is 654. The van der Waals surface area contributed by atoms with Crippen LogP contribution < -0.4 is 14.8 Å². The van der Waals surface area contributed by atoms with Crippen LogP contribution in [0, 0.1) is 6.92 Å². The SMILES string of the molecule is COc1ccc(CCC(=O)NCc2ccc(C)nc2)cc1OC. The van der Waals surface area contributed by atoms with Gasteiger partial charge in [-0.05, 0) is 42.7 Å². The lowest BCUT2D eigenvalue weighted by molar-refractivity contribution is -0.121. The first-order valence-corrected chi connectivity index (χ1v) is 7.51. The van der Waals surface area contributed by atoms with Gasteiger partial charge >= 0.3 is 0 Å². The van der Waals surface area contributed by atoms with Gasteiger partial charge in [0.2, 0.25) is 5.91 Å². The number of ether oxygens (including phenoxy) is 2. The van der Waals surface area contributed by atoms with Crippen molar-refractivity contribution in [1.82, 2.24) is 10.3 Å². The number of amides is 1. The topological polar surface area (TPSA) is 60.5 Å². The molecule has 0 radical (unpaired) electrons. The van der Waals surface area contributed by atoms with E-state index >= 15 is 0 Å². The van der Waals surface area contributed by atoms with Crippen LogP contribution in [0.15, 0.2) is 36.5 Å². The highest BCUT2D eigenvalue weighted by Gasteiger charge is 2.07. The molecule has 122 valence electrons. The van der Waals surface area contributed by atoms with Gasteiger partial charge in [0, 0.05) is 24.9 Å². The number of benzene rings is 1. The molecule has 0 saturated carbocycles. The van der Waals surface area contributed by atoms with E-state index in [0.717, 1.165) is 16.8 Å². The van der Waals surface area contributed by atoms with Gasteiger partial charge in [-0.1, -0.05) is 12.1 Å². The molecule has 0 unspecified atom stereocenters. The van der Waals surface area contributed by atoms with E-state index in [1.807, 2.05) is 37.3 Å². The van der Waals surface area contributed by atoms with Crippen molar-refractivity contribution in [2.45, 2.75) is 26.3 Å². The molecule has 1 aromatic heterocycles. The molecule has 0 spiro atoms. The Hall–Kier alpha value is -2.56. The van der Waals surface area contributed by atoms with E-state index in [1.165, 1.54) is 0 Å². The highest BCUT2D eigenvalue weighted by atomic mass is 16.5. The number of pyridine rings is 1. The summed E-state index contributed by atoms with van der Waals surface area (Å²) in [4.78, 5) is 16.2. The molecular weight excluding hydrogens is 292 g/mol. The van der Waals surface area contributed by atoms with Crippen LogP contribution in [0.4, 0.5) is 0 Å². The van der Waals surface area contributed by atoms with Gasteiger partial charge < -0.3 is 14.8 Å². The molecule has 1 amide bonds. The van der Waals surface area contributed by atoms with Gasteiger partial charge in [0.1, 0.15) is 0 Å². The Labute approximate surface area is 136 Å². The molecule has 5 nitrogen and oxygen atoms in total. The lowest BCUT2D eigenvalue weighted by Gasteiger charge is -2.10. The normalized spacial score (nSPS) is 10.2. The summed E-state index contributed by atoms with van der Waals surface area (Å²) < 4.78 is 10.5. The van der Waals surface area contributed by atoms with Gasteiger partial charge in [0.25, 0.3) is 0 Å². The standard InChI is InChI=1S/C18H22N2O3/c1-13-4-5-15(11-19-13)12-20-18(21)9-7-14-6-8-16(22-2)17(10-14)23-3/h4-6,8,10-11H,7,9,12H2,1-3H3,(H,20,21). The first kappa shape index (κ1) is 16.8. The lowest BCUT2D eigenvalue weighted by atomic mass is 10.1. The summed E-state index contributed by atoms with van der Waals surface area (Å²) in [5.74, 6) is 1.38. The molecule has 0 saturated heterocycles. The third-order valence-electron chi connectivity index (χ3n) is 3.55. The number of nitrogens with one attached hydrogen (secondary N) is 1. The van der Waals surface area contributed by atoms with Crippen LogP contribution >= 0.6 is 0 Å². The number of nitrogens with zero attached hydrogens (tertiary/aromatic N) is 1. The van der Waals surface area contributed by atoms with E-state index in [9.17, 15) is 4.79 Å². The molecular formula is C18H22N2O3. The molecule has 0 fully saturated rings. The van der Waals surface area contributed by atoms with E-state index in [2.05, 4.69) is 10.3 Å². The Morgan fingerprint density at radius 2 is 1.83 bits per heavy atom. The molecule has 1 aromatic carbocycles. The van der Waals surface area contributed by atoms with Crippen molar-refractivity contribution in [3.8, 4) is 11.5 Å². The maximum absolute atomic E-state index is 11.9. The molecule has 1 N–H and O–H groups in total. The van der Waals surface area contributed by atoms with E-state index < -0.39 is 0 Å². The Kier molecular flexibility index (Phi) is 5.97. The van der Waals surface area contributed by atoms with Crippen molar-refractivity contribution in [3.63, 3.8) is 0 Å². The minimum Gasteiger partial charge on any atom is -0.493 e. The summed E-state index contributed by atoms with van der Waals surface area (Å²) in [5, 5.41) is 2.90. The van der Waals surface area contributed by atoms with Gasteiger partial charge in [-0.15, -0.1) is 0 Å². The minimum atomic E-state index is 0.0142. The number of hydrogen-bond acceptors (Lipinski definition) is 4. The summed E-state index contributed by atoms with van der Waals surface area (Å²) in [6.07, 6.45) is 2.86. The minimum absolute atomic E-state index is 0.0142. The number of carbonyl (C=O) groups is 1. The number of aryl methyl sites for hydroxylation is 2. The first-order chi connectivity index (χ1) is 11.1. The highest BCUT2D eigenvalue weighted by Crippen LogP contribution is 2.27. The fraction of sp³-hybridized carbons (Fsp3) is 0.333. The number of rotatable bonds is 7. The quantitative estimate of drug-likeness (QED) is 0.853. The van der Waals surface area contributed by atoms with E-state index in [1.54, 1.807) is 20.4 Å². The smallest absolute Gasteiger partial charge is 0.220 e. The maximum Gasteiger partial charge on any atom is 0.220 e. The molecule has 2 aromatic rings. The second-order valence-electron chi connectivity index (χ2n) is 5.27. The molecule has 23 heavy (non-hydrogen) atoms. The van der Waals surface area contributed by atoms with E-state index in [0.29, 0.717) is 30.9 Å². The van der Waals surface area contributed by atoms with E-state index in [-0.39, 0.29) is 5.91 Å². The third kappa shape index (κ3) is 4.98. The average Bonchev–Trinajstić information content (AvgIpc) is 2.59. The Balaban J connectivity index is 1.83. The van der Waals surface area contributed by atoms with Crippen LogP contribution in [0.25, 0.3) is 0 Å². The monoisotopic (exact) mass is 314 g/mol. The predicted octanol–water partition coefficient (Wildman–Crippen LogP) is 2.66. The van der Waals surface area contributed by atoms with Crippen LogP contribution in [-0.2, 0) is 17.8 Å². The van der Waals surface area contributed by atoms with Gasteiger partial charge in [0.15, 0.2) is 11.5 Å². The van der Waals surface area contributed by atoms with Crippen molar-refractivity contribution < 1.29 is 14.3 Å². The van der Waals surface area contributed by atoms with Crippen LogP contribution in [0.2, 0.25) is 0 Å². The van der Waals surface area contributed by atoms with Crippen molar-refractivity contribution in [3.05, 3.63) is 53.3 Å². The summed E-state index contributed by atoms with van der Waals surface area (Å²) in [6.45, 7) is 2.43. The highest BCUT2D eigenvalue weighted by molar-refractivity contribution is 5.76. The van der Waals surface area contributed by atoms with Crippen LogP contribution in [0.1, 0.15) is 23.2 Å². The molecule has 0 atom stereocenters. The van der Waals surface area contributed by atoms with Crippen LogP contribution in [-0.4, -0.2) is 25.1 Å². The van der Waals surface area contributed by atoms with Crippen molar-refractivity contribution in [1.29, 1.82) is 0 Å². The molecule has 0 aliphatic heterocycles. The Morgan fingerprint density at radius 1 is 1.09 bits per heavy atom. The van der Waals surface area contributed by atoms with Crippen molar-refractivity contribution in [2.24, 2.45) is 0 Å². The average molecular weight is 314 g/mol. The zero-order chi connectivity index (χ0) is 16.7. The molecule has 0 aliphatic carbocycles. The second kappa shape index (κ2) is 8.17. The second-order valence-corrected chi connectivity index (χ2v) is 5.27. The van der Waals surface area contributed by atoms with Gasteiger partial charge in [-0.2, -0.15) is 0 Å². The zero-order valence-electron chi connectivity index (χ0n) is 13.8. The molecule has 0 aliphatic rings. The van der Waals surface area contributed by atoms with Crippen molar-refractivity contribution in [2.75, 3.05) is 14.2 Å². The molecule has 2 rings (SSSR count). The largest absolute Gasteiger partial charge is 0.493 e. The van der Waals surface area contributed by atoms with Gasteiger partial charge in [-0.3, -0.25) is 9.78 Å². The number of hydrogen-bond donors (Lipinski definition) is 1. The molecule has 0 bridgehead atoms. The van der Waals surface area contributed by atoms with Crippen LogP contribution in [0.5, 0.6) is 11.5 Å². The third-order valence-corrected chi connectivity index (χ3v) is 3.55. The fourth-order valence-corrected chi connectivity index (χ4v) is 2.19. The summed E-state index contributed by atoms with van der Waals surface area (Å²) in [6, 6.07) is 9.60. The number of methoxy groups -OCH3 is 2. The number of aromatic nitrogens is 1. The maximum atomic E-state index is 11.9. The van der Waals surface area contributed by atoms with Crippen LogP contribution in [0.3, 0.4) is 0 Å². The van der Waals surface area contributed by atoms with E-state index in [4.69, 9.17) is 9.47 Å². The molecule has 5 heteroatoms. The summed E-state index contributed by atoms with van der Waals surface area (Å²) >= 11 is 0. The zero-order valence-corrected chi connectivity index (χ0v) is 13.8. The van der Waals surface area contributed by atoms with Gasteiger partial charge in [0.05, 0.1) is 14.2 Å². The number of carbonyl (C=O) groups excluding carboxylic acids is 1. The first-order valence-electron chi connectivity index (χ1n) is 7.51. The van der Waals surface area contributed by atoms with Crippen molar-refractivity contribution >= 4 is 5.91 Å². The lowest BCUT2D eigenvalue weighted by Crippen LogP contribution is -2.23.